The van der Waals surface area contributed by atoms with Crippen molar-refractivity contribution in [3.8, 4) is 21.9 Å². The van der Waals surface area contributed by atoms with Gasteiger partial charge in [0.05, 0.1) is 14.2 Å². The second kappa shape index (κ2) is 9.58. The maximum atomic E-state index is 12.7. The number of rotatable bonds is 7. The Balaban J connectivity index is 1.43. The molecule has 2 heterocycles. The van der Waals surface area contributed by atoms with Crippen LogP contribution in [0.1, 0.15) is 4.88 Å². The van der Waals surface area contributed by atoms with Gasteiger partial charge in [0, 0.05) is 15.4 Å². The fourth-order valence-electron chi connectivity index (χ4n) is 3.24. The summed E-state index contributed by atoms with van der Waals surface area (Å²) < 4.78 is 10.3. The van der Waals surface area contributed by atoms with Crippen LogP contribution in [0.5, 0.6) is 11.5 Å². The molecule has 0 aliphatic carbocycles. The van der Waals surface area contributed by atoms with E-state index >= 15 is 0 Å². The van der Waals surface area contributed by atoms with Gasteiger partial charge in [0.25, 0.3) is 5.91 Å². The average Bonchev–Trinajstić information content (AvgIpc) is 3.40. The Morgan fingerprint density at radius 3 is 2.52 bits per heavy atom. The molecule has 0 spiro atoms. The number of ether oxygens (including phenoxy) is 2. The predicted octanol–water partition coefficient (Wildman–Crippen LogP) is 3.96. The molecule has 4 rings (SSSR count). The van der Waals surface area contributed by atoms with Crippen molar-refractivity contribution in [1.82, 2.24) is 10.2 Å². The molecular weight excluding hydrogens is 442 g/mol. The molecule has 2 aromatic carbocycles. The number of anilines is 1. The second-order valence-corrected chi connectivity index (χ2v) is 8.21. The van der Waals surface area contributed by atoms with Gasteiger partial charge in [0.15, 0.2) is 0 Å². The number of nitrogens with zero attached hydrogens (tertiary/aromatic N) is 1. The number of carbonyl (C=O) groups is 3. The number of thiophene rings is 1. The number of hydrogen-bond donors (Lipinski definition) is 2. The van der Waals surface area contributed by atoms with Crippen molar-refractivity contribution in [3.63, 3.8) is 0 Å². The Kier molecular flexibility index (Phi) is 6.41. The molecule has 0 atom stereocenters. The highest BCUT2D eigenvalue weighted by molar-refractivity contribution is 7.16. The second-order valence-electron chi connectivity index (χ2n) is 7.09. The molecule has 168 valence electrons. The van der Waals surface area contributed by atoms with E-state index in [-0.39, 0.29) is 5.70 Å². The number of methoxy groups -OCH3 is 2. The first-order valence-corrected chi connectivity index (χ1v) is 10.8. The Bertz CT molecular complexity index is 1230. The highest BCUT2D eigenvalue weighted by Gasteiger charge is 2.35. The van der Waals surface area contributed by atoms with Gasteiger partial charge in [-0.15, -0.1) is 11.3 Å². The lowest BCUT2D eigenvalue weighted by Crippen LogP contribution is -2.38. The molecule has 1 fully saturated rings. The Morgan fingerprint density at radius 1 is 1.03 bits per heavy atom. The number of urea groups is 1. The van der Waals surface area contributed by atoms with Crippen molar-refractivity contribution in [2.75, 3.05) is 26.1 Å². The Morgan fingerprint density at radius 2 is 1.79 bits per heavy atom. The molecule has 0 saturated carbocycles. The maximum absolute atomic E-state index is 12.7. The lowest BCUT2D eigenvalue weighted by molar-refractivity contribution is -0.127. The van der Waals surface area contributed by atoms with Gasteiger partial charge in [-0.25, -0.2) is 9.69 Å². The topological polar surface area (TPSA) is 97.0 Å². The van der Waals surface area contributed by atoms with E-state index in [9.17, 15) is 14.4 Å². The number of imide groups is 1. The molecule has 9 heteroatoms. The van der Waals surface area contributed by atoms with Crippen LogP contribution in [0, 0.1) is 0 Å². The van der Waals surface area contributed by atoms with Crippen LogP contribution in [0.25, 0.3) is 16.5 Å². The van der Waals surface area contributed by atoms with Gasteiger partial charge in [-0.1, -0.05) is 12.1 Å². The average molecular weight is 464 g/mol. The molecule has 4 amide bonds. The van der Waals surface area contributed by atoms with E-state index < -0.39 is 24.4 Å². The lowest BCUT2D eigenvalue weighted by atomic mass is 10.2. The summed E-state index contributed by atoms with van der Waals surface area (Å²) in [5.74, 6) is 0.366. The zero-order valence-electron chi connectivity index (χ0n) is 18.0. The van der Waals surface area contributed by atoms with E-state index in [2.05, 4.69) is 10.6 Å². The van der Waals surface area contributed by atoms with Gasteiger partial charge in [0.2, 0.25) is 5.91 Å². The molecule has 0 unspecified atom stereocenters. The van der Waals surface area contributed by atoms with Crippen molar-refractivity contribution in [1.29, 1.82) is 0 Å². The minimum absolute atomic E-state index is 0.122. The van der Waals surface area contributed by atoms with Crippen LogP contribution in [0.4, 0.5) is 10.5 Å². The zero-order chi connectivity index (χ0) is 23.4. The van der Waals surface area contributed by atoms with Crippen molar-refractivity contribution >= 4 is 40.9 Å². The van der Waals surface area contributed by atoms with E-state index in [0.717, 1.165) is 26.0 Å². The van der Waals surface area contributed by atoms with E-state index in [1.54, 1.807) is 44.6 Å². The van der Waals surface area contributed by atoms with Crippen LogP contribution >= 0.6 is 11.3 Å². The summed E-state index contributed by atoms with van der Waals surface area (Å²) in [6.07, 6.45) is 1.61. The first kappa shape index (κ1) is 22.1. The quantitative estimate of drug-likeness (QED) is 0.408. The van der Waals surface area contributed by atoms with Crippen molar-refractivity contribution in [3.05, 3.63) is 71.2 Å². The van der Waals surface area contributed by atoms with Crippen LogP contribution < -0.4 is 20.1 Å². The number of hydrogen-bond acceptors (Lipinski definition) is 6. The summed E-state index contributed by atoms with van der Waals surface area (Å²) in [6, 6.07) is 17.6. The normalized spacial score (nSPS) is 14.4. The standard InChI is InChI=1S/C24H21N3O5S/c1-31-17-8-6-16(7-9-17)25-22(28)14-27-23(29)20(26-24(27)30)13-19-10-11-21(33-19)15-4-3-5-18(12-15)32-2/h3-13H,14H2,1-2H3,(H,25,28)(H,26,30)/b20-13-. The van der Waals surface area contributed by atoms with Gasteiger partial charge in [-0.2, -0.15) is 0 Å². The van der Waals surface area contributed by atoms with Crippen LogP contribution in [0.15, 0.2) is 66.4 Å². The minimum atomic E-state index is -0.638. The largest absolute Gasteiger partial charge is 0.497 e. The summed E-state index contributed by atoms with van der Waals surface area (Å²) in [7, 11) is 3.16. The molecule has 2 N–H and O–H groups in total. The third kappa shape index (κ3) is 5.04. The van der Waals surface area contributed by atoms with Crippen molar-refractivity contribution in [2.45, 2.75) is 0 Å². The molecule has 33 heavy (non-hydrogen) atoms. The third-order valence-electron chi connectivity index (χ3n) is 4.91. The number of benzene rings is 2. The number of nitrogens with one attached hydrogen (secondary N) is 2. The minimum Gasteiger partial charge on any atom is -0.497 e. The monoisotopic (exact) mass is 463 g/mol. The molecule has 1 aliphatic heterocycles. The fourth-order valence-corrected chi connectivity index (χ4v) is 4.19. The van der Waals surface area contributed by atoms with E-state index in [4.69, 9.17) is 9.47 Å². The molecule has 0 bridgehead atoms. The zero-order valence-corrected chi connectivity index (χ0v) is 18.8. The molecule has 0 radical (unpaired) electrons. The SMILES string of the molecule is COc1ccc(NC(=O)CN2C(=O)N/C(=C\c3ccc(-c4cccc(OC)c4)s3)C2=O)cc1. The van der Waals surface area contributed by atoms with Crippen molar-refractivity contribution < 1.29 is 23.9 Å². The highest BCUT2D eigenvalue weighted by Crippen LogP contribution is 2.31. The number of carbonyl (C=O) groups excluding carboxylic acids is 3. The van der Waals surface area contributed by atoms with E-state index in [0.29, 0.717) is 11.4 Å². The molecule has 8 nitrogen and oxygen atoms in total. The van der Waals surface area contributed by atoms with Crippen LogP contribution in [-0.2, 0) is 9.59 Å². The summed E-state index contributed by atoms with van der Waals surface area (Å²) in [5.41, 5.74) is 1.64. The van der Waals surface area contributed by atoms with E-state index in [1.165, 1.54) is 11.3 Å². The van der Waals surface area contributed by atoms with Crippen molar-refractivity contribution in [2.24, 2.45) is 0 Å². The molecule has 1 aliphatic rings. The van der Waals surface area contributed by atoms with E-state index in [1.807, 2.05) is 36.4 Å². The summed E-state index contributed by atoms with van der Waals surface area (Å²) >= 11 is 1.47. The molecule has 1 saturated heterocycles. The fraction of sp³-hybridized carbons (Fsp3) is 0.125. The number of amides is 4. The molecule has 1 aromatic heterocycles. The summed E-state index contributed by atoms with van der Waals surface area (Å²) in [5, 5.41) is 5.20. The first-order valence-electron chi connectivity index (χ1n) is 9.99. The third-order valence-corrected chi connectivity index (χ3v) is 5.99. The van der Waals surface area contributed by atoms with Crippen LogP contribution in [0.3, 0.4) is 0 Å². The Hall–Kier alpha value is -4.11. The molecule has 3 aromatic rings. The Labute approximate surface area is 194 Å². The highest BCUT2D eigenvalue weighted by atomic mass is 32.1. The van der Waals surface area contributed by atoms with Gasteiger partial charge in [-0.05, 0) is 60.2 Å². The predicted molar refractivity (Wildman–Crippen MR) is 126 cm³/mol. The van der Waals surface area contributed by atoms with Gasteiger partial charge in [0.1, 0.15) is 23.7 Å². The molecular formula is C24H21N3O5S. The maximum Gasteiger partial charge on any atom is 0.329 e. The van der Waals surface area contributed by atoms with Gasteiger partial charge < -0.3 is 20.1 Å². The lowest BCUT2D eigenvalue weighted by Gasteiger charge is -2.12. The smallest absolute Gasteiger partial charge is 0.329 e. The first-order chi connectivity index (χ1) is 16.0. The summed E-state index contributed by atoms with van der Waals surface area (Å²) in [6.45, 7) is -0.395. The van der Waals surface area contributed by atoms with Crippen LogP contribution in [0.2, 0.25) is 0 Å². The van der Waals surface area contributed by atoms with Gasteiger partial charge in [-0.3, -0.25) is 9.59 Å². The summed E-state index contributed by atoms with van der Waals surface area (Å²) in [4.78, 5) is 40.0. The van der Waals surface area contributed by atoms with Gasteiger partial charge >= 0.3 is 6.03 Å². The van der Waals surface area contributed by atoms with Crippen LogP contribution in [-0.4, -0.2) is 43.5 Å².